The number of hydrogen-bond acceptors (Lipinski definition) is 5. The van der Waals surface area contributed by atoms with Gasteiger partial charge in [0.1, 0.15) is 4.32 Å². The first kappa shape index (κ1) is 17.8. The zero-order chi connectivity index (χ0) is 16.2. The van der Waals surface area contributed by atoms with Crippen LogP contribution in [0.5, 0.6) is 0 Å². The van der Waals surface area contributed by atoms with E-state index in [1.165, 1.54) is 22.7 Å². The molecule has 1 amide bonds. The van der Waals surface area contributed by atoms with Gasteiger partial charge in [-0.25, -0.2) is 4.79 Å². The first-order valence-corrected chi connectivity index (χ1v) is 7.91. The second kappa shape index (κ2) is 7.67. The van der Waals surface area contributed by atoms with Crippen LogP contribution < -0.4 is 0 Å². The monoisotopic (exact) mass is 344 g/mol. The third-order valence-electron chi connectivity index (χ3n) is 2.27. The normalized spacial score (nSPS) is 10.1. The van der Waals surface area contributed by atoms with Crippen molar-refractivity contribution in [1.82, 2.24) is 9.80 Å². The number of nitrogens with zero attached hydrogens (tertiary/aromatic N) is 2. The molecule has 0 spiro atoms. The van der Waals surface area contributed by atoms with Gasteiger partial charge in [-0.05, 0) is 30.0 Å². The first-order valence-electron chi connectivity index (χ1n) is 5.87. The number of thioether (sulfide) groups is 2. The van der Waals surface area contributed by atoms with Crippen molar-refractivity contribution in [2.45, 2.75) is 9.79 Å². The molecule has 1 rings (SSSR count). The number of aromatic carboxylic acids is 1. The molecule has 0 aliphatic carbocycles. The Labute approximate surface area is 137 Å². The molecule has 8 heteroatoms. The van der Waals surface area contributed by atoms with Crippen LogP contribution in [0, 0.1) is 0 Å². The Balaban J connectivity index is 3.08. The van der Waals surface area contributed by atoms with E-state index in [1.807, 2.05) is 14.1 Å². The van der Waals surface area contributed by atoms with Crippen molar-refractivity contribution in [2.75, 3.05) is 28.2 Å². The van der Waals surface area contributed by atoms with Crippen molar-refractivity contribution in [3.05, 3.63) is 23.8 Å². The fourth-order valence-corrected chi connectivity index (χ4v) is 3.07. The molecule has 1 aromatic rings. The summed E-state index contributed by atoms with van der Waals surface area (Å²) in [5, 5.41) is 9.00. The number of hydrogen-bond donors (Lipinski definition) is 1. The predicted molar refractivity (Wildman–Crippen MR) is 90.5 cm³/mol. The summed E-state index contributed by atoms with van der Waals surface area (Å²) in [7, 11) is 6.93. The predicted octanol–water partition coefficient (Wildman–Crippen LogP) is 3.10. The smallest absolute Gasteiger partial charge is 0.335 e. The van der Waals surface area contributed by atoms with Gasteiger partial charge in [0.25, 0.3) is 5.24 Å². The van der Waals surface area contributed by atoms with Crippen LogP contribution in [0.4, 0.5) is 4.79 Å². The van der Waals surface area contributed by atoms with Crippen molar-refractivity contribution in [3.8, 4) is 0 Å². The minimum Gasteiger partial charge on any atom is -0.478 e. The molecule has 5 nitrogen and oxygen atoms in total. The van der Waals surface area contributed by atoms with Crippen LogP contribution in [0.25, 0.3) is 0 Å². The summed E-state index contributed by atoms with van der Waals surface area (Å²) in [6.07, 6.45) is 0. The molecule has 0 atom stereocenters. The Bertz CT molecular complexity index is 534. The summed E-state index contributed by atoms with van der Waals surface area (Å²) < 4.78 is 0.618. The van der Waals surface area contributed by atoms with E-state index >= 15 is 0 Å². The van der Waals surface area contributed by atoms with Crippen molar-refractivity contribution in [2.24, 2.45) is 0 Å². The van der Waals surface area contributed by atoms with Crippen molar-refractivity contribution < 1.29 is 14.7 Å². The minimum absolute atomic E-state index is 0.135. The number of carboxylic acid groups (broad SMARTS) is 1. The Morgan fingerprint density at radius 1 is 1.00 bits per heavy atom. The van der Waals surface area contributed by atoms with E-state index in [1.54, 1.807) is 31.1 Å². The Kier molecular flexibility index (Phi) is 6.50. The highest BCUT2D eigenvalue weighted by Gasteiger charge is 2.13. The summed E-state index contributed by atoms with van der Waals surface area (Å²) in [4.78, 5) is 27.4. The van der Waals surface area contributed by atoms with E-state index in [4.69, 9.17) is 17.3 Å². The highest BCUT2D eigenvalue weighted by Crippen LogP contribution is 2.29. The van der Waals surface area contributed by atoms with Gasteiger partial charge in [0.05, 0.1) is 5.56 Å². The molecule has 21 heavy (non-hydrogen) atoms. The van der Waals surface area contributed by atoms with E-state index in [0.29, 0.717) is 14.1 Å². The molecule has 1 aromatic carbocycles. The average Bonchev–Trinajstić information content (AvgIpc) is 2.37. The molecule has 0 bridgehead atoms. The lowest BCUT2D eigenvalue weighted by Crippen LogP contribution is -2.16. The molecule has 0 aromatic heterocycles. The summed E-state index contributed by atoms with van der Waals surface area (Å²) in [6.45, 7) is 0. The summed E-state index contributed by atoms with van der Waals surface area (Å²) in [5.74, 6) is -1.03. The minimum atomic E-state index is -1.03. The maximum absolute atomic E-state index is 11.7. The van der Waals surface area contributed by atoms with Gasteiger partial charge in [-0.15, -0.1) is 0 Å². The average molecular weight is 344 g/mol. The molecule has 0 heterocycles. The summed E-state index contributed by atoms with van der Waals surface area (Å²) in [5.41, 5.74) is 0.135. The molecule has 0 saturated carbocycles. The molecular formula is C13H16N2O3S3. The molecule has 1 N–H and O–H groups in total. The largest absolute Gasteiger partial charge is 0.478 e. The second-order valence-electron chi connectivity index (χ2n) is 4.52. The van der Waals surface area contributed by atoms with Crippen LogP contribution in [0.2, 0.25) is 0 Å². The first-order chi connectivity index (χ1) is 9.70. The molecule has 0 unspecified atom stereocenters. The van der Waals surface area contributed by atoms with Gasteiger partial charge in [-0.3, -0.25) is 4.79 Å². The van der Waals surface area contributed by atoms with E-state index in [2.05, 4.69) is 0 Å². The molecular weight excluding hydrogens is 328 g/mol. The SMILES string of the molecule is CN(C)C(=O)Sc1cc(SC(=S)N(C)C)cc(C(=O)O)c1. The molecule has 0 saturated heterocycles. The number of rotatable bonds is 3. The molecule has 0 aliphatic rings. The number of carboxylic acids is 1. The lowest BCUT2D eigenvalue weighted by atomic mass is 10.2. The lowest BCUT2D eigenvalue weighted by molar-refractivity contribution is 0.0696. The number of amides is 1. The Hall–Kier alpha value is -1.25. The van der Waals surface area contributed by atoms with Crippen LogP contribution >= 0.6 is 35.7 Å². The van der Waals surface area contributed by atoms with Crippen molar-refractivity contribution in [3.63, 3.8) is 0 Å². The van der Waals surface area contributed by atoms with Gasteiger partial charge < -0.3 is 14.9 Å². The van der Waals surface area contributed by atoms with Gasteiger partial charge in [-0.1, -0.05) is 24.0 Å². The third kappa shape index (κ3) is 5.56. The maximum Gasteiger partial charge on any atom is 0.335 e. The van der Waals surface area contributed by atoms with Crippen LogP contribution in [0.1, 0.15) is 10.4 Å². The number of carbonyl (C=O) groups is 2. The number of carbonyl (C=O) groups excluding carboxylic acids is 1. The zero-order valence-corrected chi connectivity index (χ0v) is 14.6. The molecule has 0 fully saturated rings. The molecule has 114 valence electrons. The Morgan fingerprint density at radius 3 is 1.95 bits per heavy atom. The van der Waals surface area contributed by atoms with Gasteiger partial charge in [0.15, 0.2) is 0 Å². The van der Waals surface area contributed by atoms with Crippen LogP contribution in [-0.4, -0.2) is 58.6 Å². The van der Waals surface area contributed by atoms with Gasteiger partial charge in [0, 0.05) is 38.0 Å². The van der Waals surface area contributed by atoms with E-state index in [-0.39, 0.29) is 10.8 Å². The van der Waals surface area contributed by atoms with Crippen LogP contribution in [0.3, 0.4) is 0 Å². The molecule has 0 radical (unpaired) electrons. The fraction of sp³-hybridized carbons (Fsp3) is 0.308. The van der Waals surface area contributed by atoms with Gasteiger partial charge in [-0.2, -0.15) is 0 Å². The maximum atomic E-state index is 11.7. The summed E-state index contributed by atoms with van der Waals surface area (Å²) >= 11 is 7.48. The number of thiocarbonyl (C=S) groups is 1. The van der Waals surface area contributed by atoms with Crippen LogP contribution in [0.15, 0.2) is 28.0 Å². The van der Waals surface area contributed by atoms with Gasteiger partial charge >= 0.3 is 5.97 Å². The van der Waals surface area contributed by atoms with Crippen molar-refractivity contribution in [1.29, 1.82) is 0 Å². The highest BCUT2D eigenvalue weighted by atomic mass is 32.2. The van der Waals surface area contributed by atoms with E-state index < -0.39 is 5.97 Å². The van der Waals surface area contributed by atoms with Gasteiger partial charge in [0.2, 0.25) is 0 Å². The molecule has 0 aliphatic heterocycles. The summed E-state index contributed by atoms with van der Waals surface area (Å²) in [6, 6.07) is 4.79. The topological polar surface area (TPSA) is 60.9 Å². The second-order valence-corrected chi connectivity index (χ2v) is 7.26. The van der Waals surface area contributed by atoms with Crippen molar-refractivity contribution >= 4 is 51.3 Å². The fourth-order valence-electron chi connectivity index (χ4n) is 1.20. The van der Waals surface area contributed by atoms with E-state index in [9.17, 15) is 9.59 Å². The standard InChI is InChI=1S/C13H16N2O3S3/c1-14(2)12(18)20-9-5-8(11(16)17)6-10(7-9)21-13(19)15(3)4/h5-7H,1-4H3,(H,16,17). The third-order valence-corrected chi connectivity index (χ3v) is 4.91. The zero-order valence-electron chi connectivity index (χ0n) is 12.1. The highest BCUT2D eigenvalue weighted by molar-refractivity contribution is 8.23. The Morgan fingerprint density at radius 2 is 1.52 bits per heavy atom. The lowest BCUT2D eigenvalue weighted by Gasteiger charge is -2.14. The number of benzene rings is 1. The quantitative estimate of drug-likeness (QED) is 0.668. The van der Waals surface area contributed by atoms with Crippen LogP contribution in [-0.2, 0) is 0 Å². The van der Waals surface area contributed by atoms with E-state index in [0.717, 1.165) is 11.8 Å².